The minimum Gasteiger partial charge on any atom is -0.404 e. The molecule has 2 aromatic carbocycles. The summed E-state index contributed by atoms with van der Waals surface area (Å²) in [5, 5.41) is 2.25. The van der Waals surface area contributed by atoms with Crippen LogP contribution in [-0.2, 0) is 16.1 Å². The molecule has 1 fully saturated rings. The fourth-order valence-electron chi connectivity index (χ4n) is 4.15. The molecule has 2 aliphatic heterocycles. The van der Waals surface area contributed by atoms with Crippen molar-refractivity contribution in [2.45, 2.75) is 31.6 Å². The maximum atomic E-state index is 12.9. The lowest BCUT2D eigenvalue weighted by molar-refractivity contribution is -0.137. The van der Waals surface area contributed by atoms with E-state index in [0.717, 1.165) is 0 Å². The summed E-state index contributed by atoms with van der Waals surface area (Å²) in [6.07, 6.45) is -2.93. The van der Waals surface area contributed by atoms with Crippen molar-refractivity contribution in [3.05, 3.63) is 77.0 Å². The number of halogens is 3. The first-order chi connectivity index (χ1) is 16.2. The molecule has 2 heterocycles. The molecule has 2 aliphatic rings. The monoisotopic (exact) mass is 470 g/mol. The zero-order valence-electron chi connectivity index (χ0n) is 17.9. The first-order valence-electron chi connectivity index (χ1n) is 10.5. The predicted molar refractivity (Wildman–Crippen MR) is 119 cm³/mol. The molecule has 0 radical (unpaired) electrons. The van der Waals surface area contributed by atoms with Crippen molar-refractivity contribution in [3.8, 4) is 0 Å². The highest BCUT2D eigenvalue weighted by Crippen LogP contribution is 2.31. The number of allylic oxidation sites excluding steroid dienone is 1. The molecule has 7 nitrogen and oxygen atoms in total. The third-order valence-electron chi connectivity index (χ3n) is 5.72. The first kappa shape index (κ1) is 23.2. The Morgan fingerprint density at radius 2 is 1.85 bits per heavy atom. The molecule has 2 aromatic rings. The van der Waals surface area contributed by atoms with Crippen molar-refractivity contribution in [2.24, 2.45) is 10.7 Å². The van der Waals surface area contributed by atoms with Crippen molar-refractivity contribution in [3.63, 3.8) is 0 Å². The molecule has 1 unspecified atom stereocenters. The Morgan fingerprint density at radius 1 is 1.12 bits per heavy atom. The number of rotatable bonds is 5. The van der Waals surface area contributed by atoms with E-state index in [1.54, 1.807) is 48.5 Å². The van der Waals surface area contributed by atoms with Crippen LogP contribution in [0.2, 0.25) is 0 Å². The number of amides is 3. The summed E-state index contributed by atoms with van der Waals surface area (Å²) >= 11 is 0. The number of fused-ring (bicyclic) bond motifs is 1. The molecule has 0 aliphatic carbocycles. The quantitative estimate of drug-likeness (QED) is 0.518. The van der Waals surface area contributed by atoms with Gasteiger partial charge in [-0.15, -0.1) is 0 Å². The van der Waals surface area contributed by atoms with E-state index in [1.807, 2.05) is 0 Å². The fourth-order valence-corrected chi connectivity index (χ4v) is 4.15. The van der Waals surface area contributed by atoms with Gasteiger partial charge in [0, 0.05) is 35.9 Å². The van der Waals surface area contributed by atoms with E-state index >= 15 is 0 Å². The van der Waals surface area contributed by atoms with Crippen LogP contribution in [0.25, 0.3) is 5.57 Å². The van der Waals surface area contributed by atoms with Crippen LogP contribution < -0.4 is 11.1 Å². The van der Waals surface area contributed by atoms with Crippen LogP contribution in [0, 0.1) is 0 Å². The highest BCUT2D eigenvalue weighted by atomic mass is 19.4. The van der Waals surface area contributed by atoms with E-state index in [2.05, 4.69) is 10.3 Å². The van der Waals surface area contributed by atoms with Gasteiger partial charge in [-0.1, -0.05) is 36.4 Å². The summed E-state index contributed by atoms with van der Waals surface area (Å²) in [4.78, 5) is 41.8. The zero-order valence-corrected chi connectivity index (χ0v) is 17.9. The third-order valence-corrected chi connectivity index (χ3v) is 5.72. The Morgan fingerprint density at radius 3 is 2.50 bits per heavy atom. The number of imide groups is 1. The van der Waals surface area contributed by atoms with Crippen molar-refractivity contribution < 1.29 is 27.6 Å². The molecule has 34 heavy (non-hydrogen) atoms. The number of alkyl halides is 3. The second-order valence-electron chi connectivity index (χ2n) is 8.00. The molecule has 3 amide bonds. The lowest BCUT2D eigenvalue weighted by Crippen LogP contribution is -2.52. The summed E-state index contributed by atoms with van der Waals surface area (Å²) in [6.45, 7) is -1.24. The lowest BCUT2D eigenvalue weighted by Gasteiger charge is -2.29. The number of hydrogen-bond acceptors (Lipinski definition) is 5. The van der Waals surface area contributed by atoms with Gasteiger partial charge in [0.1, 0.15) is 12.6 Å². The van der Waals surface area contributed by atoms with Gasteiger partial charge < -0.3 is 10.6 Å². The number of carbonyl (C=O) groups is 3. The summed E-state index contributed by atoms with van der Waals surface area (Å²) in [6, 6.07) is 12.5. The Balaban J connectivity index is 1.67. The van der Waals surface area contributed by atoms with Crippen LogP contribution in [0.15, 0.2) is 59.7 Å². The Bertz CT molecular complexity index is 1210. The van der Waals surface area contributed by atoms with E-state index in [0.29, 0.717) is 22.3 Å². The Kier molecular flexibility index (Phi) is 6.23. The molecule has 0 bridgehead atoms. The highest BCUT2D eigenvalue weighted by molar-refractivity contribution is 6.31. The average Bonchev–Trinajstić information content (AvgIpc) is 3.12. The van der Waals surface area contributed by atoms with Crippen molar-refractivity contribution in [2.75, 3.05) is 6.54 Å². The van der Waals surface area contributed by atoms with Gasteiger partial charge in [0.05, 0.1) is 5.71 Å². The molecule has 0 saturated carbocycles. The number of nitrogens with one attached hydrogen (secondary N) is 1. The van der Waals surface area contributed by atoms with Gasteiger partial charge in [0.2, 0.25) is 11.8 Å². The highest BCUT2D eigenvalue weighted by Gasteiger charge is 2.39. The summed E-state index contributed by atoms with van der Waals surface area (Å²) in [5.74, 6) is -1.24. The van der Waals surface area contributed by atoms with Gasteiger partial charge in [-0.3, -0.25) is 24.7 Å². The lowest BCUT2D eigenvalue weighted by atomic mass is 9.94. The first-order valence-corrected chi connectivity index (χ1v) is 10.5. The van der Waals surface area contributed by atoms with Crippen molar-refractivity contribution in [1.29, 1.82) is 0 Å². The Labute approximate surface area is 193 Å². The summed E-state index contributed by atoms with van der Waals surface area (Å²) in [7, 11) is 0. The molecule has 1 atom stereocenters. The molecule has 10 heteroatoms. The zero-order chi connectivity index (χ0) is 24.5. The largest absolute Gasteiger partial charge is 0.407 e. The van der Waals surface area contributed by atoms with Crippen LogP contribution in [0.3, 0.4) is 0 Å². The number of benzene rings is 2. The molecule has 0 spiro atoms. The SMILES string of the molecule is N/C=C(\C(=NCC(F)(F)F)c1ccccc1)c1ccc2c(c1)CN(C1CCC(=O)NC1=O)C2=O. The normalized spacial score (nSPS) is 19.3. The summed E-state index contributed by atoms with van der Waals surface area (Å²) in [5.41, 5.74) is 8.15. The minimum absolute atomic E-state index is 0.0757. The third kappa shape index (κ3) is 4.70. The summed E-state index contributed by atoms with van der Waals surface area (Å²) < 4.78 is 38.8. The number of carbonyl (C=O) groups excluding carboxylic acids is 3. The van der Waals surface area contributed by atoms with Crippen LogP contribution in [0.1, 0.15) is 39.9 Å². The number of aliphatic imine (C=N–C) groups is 1. The molecule has 3 N–H and O–H groups in total. The van der Waals surface area contributed by atoms with Crippen LogP contribution in [0.5, 0.6) is 0 Å². The second-order valence-corrected chi connectivity index (χ2v) is 8.00. The average molecular weight is 470 g/mol. The van der Waals surface area contributed by atoms with E-state index in [4.69, 9.17) is 5.73 Å². The van der Waals surface area contributed by atoms with E-state index in [9.17, 15) is 27.6 Å². The number of nitrogens with two attached hydrogens (primary N) is 1. The number of piperidine rings is 1. The van der Waals surface area contributed by atoms with Gasteiger partial charge in [-0.2, -0.15) is 13.2 Å². The minimum atomic E-state index is -4.49. The van der Waals surface area contributed by atoms with E-state index in [1.165, 1.54) is 11.1 Å². The molecule has 176 valence electrons. The molecule has 1 saturated heterocycles. The Hall–Kier alpha value is -3.95. The van der Waals surface area contributed by atoms with Gasteiger partial charge in [-0.05, 0) is 29.7 Å². The molecule has 0 aromatic heterocycles. The van der Waals surface area contributed by atoms with Crippen LogP contribution >= 0.6 is 0 Å². The molecular formula is C24H21F3N4O3. The maximum absolute atomic E-state index is 12.9. The van der Waals surface area contributed by atoms with Gasteiger partial charge >= 0.3 is 6.18 Å². The smallest absolute Gasteiger partial charge is 0.404 e. The second kappa shape index (κ2) is 9.12. The van der Waals surface area contributed by atoms with Gasteiger partial charge in [0.25, 0.3) is 5.91 Å². The molecular weight excluding hydrogens is 449 g/mol. The van der Waals surface area contributed by atoms with Crippen molar-refractivity contribution in [1.82, 2.24) is 10.2 Å². The standard InChI is InChI=1S/C24H21F3N4O3/c25-24(26,27)13-29-21(14-4-2-1-3-5-14)18(11-28)15-6-7-17-16(10-15)12-31(23(17)34)19-8-9-20(32)30-22(19)33/h1-7,10-11,19H,8-9,12-13,28H2,(H,30,32,33)/b18-11-,29-21?. The van der Waals surface area contributed by atoms with E-state index in [-0.39, 0.29) is 42.5 Å². The fraction of sp³-hybridized carbons (Fsp3) is 0.250. The topological polar surface area (TPSA) is 105 Å². The molecule has 4 rings (SSSR count). The van der Waals surface area contributed by atoms with Crippen LogP contribution in [-0.4, -0.2) is 47.1 Å². The van der Waals surface area contributed by atoms with Crippen LogP contribution in [0.4, 0.5) is 13.2 Å². The number of hydrogen-bond donors (Lipinski definition) is 2. The van der Waals surface area contributed by atoms with E-state index < -0.39 is 24.7 Å². The van der Waals surface area contributed by atoms with Gasteiger partial charge in [0.15, 0.2) is 0 Å². The maximum Gasteiger partial charge on any atom is 0.407 e. The van der Waals surface area contributed by atoms with Crippen molar-refractivity contribution >= 4 is 29.0 Å². The number of nitrogens with zero attached hydrogens (tertiary/aromatic N) is 2. The predicted octanol–water partition coefficient (Wildman–Crippen LogP) is 2.80. The van der Waals surface area contributed by atoms with Gasteiger partial charge in [-0.25, -0.2) is 0 Å².